The third kappa shape index (κ3) is 10.5. The van der Waals surface area contributed by atoms with Gasteiger partial charge in [0.2, 0.25) is 0 Å². The van der Waals surface area contributed by atoms with Gasteiger partial charge in [-0.2, -0.15) is 0 Å². The van der Waals surface area contributed by atoms with Gasteiger partial charge in [-0.25, -0.2) is 20.0 Å². The summed E-state index contributed by atoms with van der Waals surface area (Å²) in [5.74, 6) is -1.50. The average molecular weight is 500 g/mol. The first-order chi connectivity index (χ1) is 17.1. The summed E-state index contributed by atoms with van der Waals surface area (Å²) in [7, 11) is 0. The Morgan fingerprint density at radius 2 is 1.44 bits per heavy atom. The normalized spacial score (nSPS) is 11.6. The number of carbonyl (C=O) groups excluding carboxylic acids is 4. The van der Waals surface area contributed by atoms with Crippen molar-refractivity contribution in [1.29, 1.82) is 0 Å². The van der Waals surface area contributed by atoms with Crippen molar-refractivity contribution in [3.8, 4) is 0 Å². The lowest BCUT2D eigenvalue weighted by Crippen LogP contribution is -2.57. The minimum atomic E-state index is -1.16. The molecular weight excluding hydrogens is 466 g/mol. The predicted octanol–water partition coefficient (Wildman–Crippen LogP) is 3.36. The highest BCUT2D eigenvalue weighted by molar-refractivity contribution is 5.89. The number of hydrogen-bond donors (Lipinski definition) is 2. The quantitative estimate of drug-likeness (QED) is 0.308. The van der Waals surface area contributed by atoms with Gasteiger partial charge in [0.15, 0.2) is 0 Å². The SMILES string of the molecule is CCOC(=O)CN(NC(=O)OCc1ccccc1)C(=O)[C@H](Cc1ccccc1)NC(=O)OC(C)(C)C. The van der Waals surface area contributed by atoms with Gasteiger partial charge >= 0.3 is 18.2 Å². The number of benzene rings is 2. The Bertz CT molecular complexity index is 1010. The molecule has 0 aliphatic carbocycles. The van der Waals surface area contributed by atoms with Crippen LogP contribution >= 0.6 is 0 Å². The number of carbonyl (C=O) groups is 4. The van der Waals surface area contributed by atoms with E-state index in [0.29, 0.717) is 0 Å². The van der Waals surface area contributed by atoms with Crippen LogP contribution in [-0.2, 0) is 36.8 Å². The van der Waals surface area contributed by atoms with Gasteiger partial charge in [-0.15, -0.1) is 0 Å². The molecule has 1 atom stereocenters. The molecule has 0 saturated carbocycles. The van der Waals surface area contributed by atoms with E-state index in [2.05, 4.69) is 10.7 Å². The zero-order valence-corrected chi connectivity index (χ0v) is 21.0. The zero-order valence-electron chi connectivity index (χ0n) is 21.0. The van der Waals surface area contributed by atoms with E-state index in [1.807, 2.05) is 12.1 Å². The molecule has 2 rings (SSSR count). The molecule has 0 saturated heterocycles. The lowest BCUT2D eigenvalue weighted by atomic mass is 10.1. The molecule has 0 aliphatic rings. The number of ether oxygens (including phenoxy) is 3. The molecule has 0 aromatic heterocycles. The van der Waals surface area contributed by atoms with E-state index < -0.39 is 42.3 Å². The van der Waals surface area contributed by atoms with Gasteiger partial charge in [0.05, 0.1) is 6.61 Å². The summed E-state index contributed by atoms with van der Waals surface area (Å²) >= 11 is 0. The molecule has 0 spiro atoms. The van der Waals surface area contributed by atoms with Crippen molar-refractivity contribution in [2.24, 2.45) is 0 Å². The van der Waals surface area contributed by atoms with E-state index in [1.165, 1.54) is 0 Å². The van der Waals surface area contributed by atoms with E-state index in [4.69, 9.17) is 14.2 Å². The molecule has 194 valence electrons. The van der Waals surface area contributed by atoms with Gasteiger partial charge in [-0.1, -0.05) is 60.7 Å². The molecule has 2 N–H and O–H groups in total. The Balaban J connectivity index is 2.21. The summed E-state index contributed by atoms with van der Waals surface area (Å²) in [5.41, 5.74) is 2.98. The van der Waals surface area contributed by atoms with Crippen molar-refractivity contribution in [3.05, 3.63) is 71.8 Å². The summed E-state index contributed by atoms with van der Waals surface area (Å²) in [5, 5.41) is 3.32. The van der Waals surface area contributed by atoms with Gasteiger partial charge < -0.3 is 19.5 Å². The van der Waals surface area contributed by atoms with Crippen LogP contribution < -0.4 is 10.7 Å². The summed E-state index contributed by atoms with van der Waals surface area (Å²) in [6.45, 7) is 6.15. The maximum atomic E-state index is 13.5. The Hall–Kier alpha value is -4.08. The van der Waals surface area contributed by atoms with Crippen molar-refractivity contribution >= 4 is 24.1 Å². The molecule has 0 radical (unpaired) electrons. The largest absolute Gasteiger partial charge is 0.465 e. The van der Waals surface area contributed by atoms with E-state index in [0.717, 1.165) is 16.1 Å². The standard InChI is InChI=1S/C26H33N3O7/c1-5-34-22(30)17-29(28-25(33)35-18-20-14-10-7-11-15-20)23(31)21(16-19-12-8-6-9-13-19)27-24(32)36-26(2,3)4/h6-15,21H,5,16-18H2,1-4H3,(H,27,32)(H,28,33)/t21-/m0/s1. The molecule has 0 aliphatic heterocycles. The molecule has 3 amide bonds. The number of nitrogens with one attached hydrogen (secondary N) is 2. The first-order valence-corrected chi connectivity index (χ1v) is 11.5. The van der Waals surface area contributed by atoms with Crippen LogP contribution in [0, 0.1) is 0 Å². The van der Waals surface area contributed by atoms with Gasteiger partial charge in [0, 0.05) is 6.42 Å². The number of rotatable bonds is 9. The van der Waals surface area contributed by atoms with Crippen LogP contribution in [0.2, 0.25) is 0 Å². The highest BCUT2D eigenvalue weighted by Crippen LogP contribution is 2.10. The average Bonchev–Trinajstić information content (AvgIpc) is 2.82. The Kier molecular flexibility index (Phi) is 10.7. The van der Waals surface area contributed by atoms with E-state index in [-0.39, 0.29) is 19.6 Å². The number of nitrogens with zero attached hydrogens (tertiary/aromatic N) is 1. The molecule has 0 heterocycles. The molecule has 0 fully saturated rings. The molecular formula is C26H33N3O7. The van der Waals surface area contributed by atoms with Crippen LogP contribution in [0.25, 0.3) is 0 Å². The van der Waals surface area contributed by atoms with Crippen molar-refractivity contribution < 1.29 is 33.4 Å². The highest BCUT2D eigenvalue weighted by Gasteiger charge is 2.31. The molecule has 2 aromatic carbocycles. The third-order valence-corrected chi connectivity index (χ3v) is 4.57. The van der Waals surface area contributed by atoms with Crippen LogP contribution in [0.3, 0.4) is 0 Å². The summed E-state index contributed by atoms with van der Waals surface area (Å²) in [6.07, 6.45) is -1.69. The zero-order chi connectivity index (χ0) is 26.6. The van der Waals surface area contributed by atoms with Crippen LogP contribution in [-0.4, -0.2) is 53.9 Å². The second-order valence-corrected chi connectivity index (χ2v) is 8.79. The smallest absolute Gasteiger partial charge is 0.426 e. The maximum absolute atomic E-state index is 13.5. The van der Waals surface area contributed by atoms with Gasteiger partial charge in [-0.05, 0) is 38.8 Å². The highest BCUT2D eigenvalue weighted by atomic mass is 16.6. The van der Waals surface area contributed by atoms with E-state index in [9.17, 15) is 19.2 Å². The maximum Gasteiger partial charge on any atom is 0.426 e. The Labute approximate surface area is 210 Å². The molecule has 36 heavy (non-hydrogen) atoms. The molecule has 10 heteroatoms. The summed E-state index contributed by atoms with van der Waals surface area (Å²) in [6, 6.07) is 16.8. The lowest BCUT2D eigenvalue weighted by Gasteiger charge is -2.28. The molecule has 10 nitrogen and oxygen atoms in total. The van der Waals surface area contributed by atoms with E-state index >= 15 is 0 Å². The predicted molar refractivity (Wildman–Crippen MR) is 131 cm³/mol. The second kappa shape index (κ2) is 13.7. The topological polar surface area (TPSA) is 123 Å². The van der Waals surface area contributed by atoms with Crippen LogP contribution in [0.1, 0.15) is 38.8 Å². The number of alkyl carbamates (subject to hydrolysis) is 1. The van der Waals surface area contributed by atoms with Crippen LogP contribution in [0.5, 0.6) is 0 Å². The third-order valence-electron chi connectivity index (χ3n) is 4.57. The lowest BCUT2D eigenvalue weighted by molar-refractivity contribution is -0.151. The number of esters is 1. The van der Waals surface area contributed by atoms with Crippen molar-refractivity contribution in [1.82, 2.24) is 15.8 Å². The van der Waals surface area contributed by atoms with Crippen LogP contribution in [0.4, 0.5) is 9.59 Å². The fraction of sp³-hybridized carbons (Fsp3) is 0.385. The number of hydrazine groups is 1. The minimum absolute atomic E-state index is 0.0439. The first-order valence-electron chi connectivity index (χ1n) is 11.5. The van der Waals surface area contributed by atoms with Crippen molar-refractivity contribution in [2.75, 3.05) is 13.2 Å². The monoisotopic (exact) mass is 499 g/mol. The fourth-order valence-corrected chi connectivity index (χ4v) is 3.06. The molecule has 2 aromatic rings. The number of hydrogen-bond acceptors (Lipinski definition) is 7. The minimum Gasteiger partial charge on any atom is -0.465 e. The van der Waals surface area contributed by atoms with Crippen molar-refractivity contribution in [3.63, 3.8) is 0 Å². The van der Waals surface area contributed by atoms with Crippen LogP contribution in [0.15, 0.2) is 60.7 Å². The van der Waals surface area contributed by atoms with Gasteiger partial charge in [0.1, 0.15) is 24.8 Å². The summed E-state index contributed by atoms with van der Waals surface area (Å²) < 4.78 is 15.4. The van der Waals surface area contributed by atoms with Crippen molar-refractivity contribution in [2.45, 2.75) is 52.4 Å². The fourth-order valence-electron chi connectivity index (χ4n) is 3.06. The number of amides is 3. The van der Waals surface area contributed by atoms with Gasteiger partial charge in [-0.3, -0.25) is 9.59 Å². The summed E-state index contributed by atoms with van der Waals surface area (Å²) in [4.78, 5) is 50.6. The molecule has 0 bridgehead atoms. The Morgan fingerprint density at radius 1 is 0.861 bits per heavy atom. The first kappa shape index (κ1) is 28.2. The Morgan fingerprint density at radius 3 is 2.00 bits per heavy atom. The second-order valence-electron chi connectivity index (χ2n) is 8.79. The molecule has 0 unspecified atom stereocenters. The van der Waals surface area contributed by atoms with E-state index in [1.54, 1.807) is 76.2 Å². The van der Waals surface area contributed by atoms with Gasteiger partial charge in [0.25, 0.3) is 5.91 Å².